The Hall–Kier alpha value is -1.36. The molecule has 0 aliphatic rings. The zero-order valence-electron chi connectivity index (χ0n) is 10.4. The monoisotopic (exact) mass is 225 g/mol. The number of esters is 1. The minimum Gasteiger partial charge on any atom is -0.468 e. The van der Waals surface area contributed by atoms with Crippen molar-refractivity contribution in [1.29, 1.82) is 0 Å². The van der Waals surface area contributed by atoms with Gasteiger partial charge in [-0.3, -0.25) is 14.4 Å². The van der Waals surface area contributed by atoms with Crippen LogP contribution in [0, 0.1) is 6.92 Å². The highest BCUT2D eigenvalue weighted by molar-refractivity contribution is 5.71. The van der Waals surface area contributed by atoms with Crippen molar-refractivity contribution in [2.24, 2.45) is 0 Å². The molecule has 0 atom stereocenters. The van der Waals surface area contributed by atoms with Crippen LogP contribution in [0.1, 0.15) is 18.3 Å². The second-order valence-electron chi connectivity index (χ2n) is 3.84. The maximum Gasteiger partial charge on any atom is 0.319 e. The second-order valence-corrected chi connectivity index (χ2v) is 3.84. The highest BCUT2D eigenvalue weighted by atomic mass is 16.5. The molecule has 0 unspecified atom stereocenters. The van der Waals surface area contributed by atoms with E-state index in [1.165, 1.54) is 7.11 Å². The van der Waals surface area contributed by atoms with Gasteiger partial charge in [0.15, 0.2) is 0 Å². The van der Waals surface area contributed by atoms with Crippen molar-refractivity contribution in [2.75, 3.05) is 20.7 Å². The summed E-state index contributed by atoms with van der Waals surface area (Å²) in [6, 6.07) is 2.04. The van der Waals surface area contributed by atoms with Gasteiger partial charge in [0.05, 0.1) is 25.0 Å². The Morgan fingerprint density at radius 3 is 2.88 bits per heavy atom. The third-order valence-corrected chi connectivity index (χ3v) is 2.34. The van der Waals surface area contributed by atoms with Gasteiger partial charge in [0.2, 0.25) is 0 Å². The predicted octanol–water partition coefficient (Wildman–Crippen LogP) is 0.816. The first-order valence-corrected chi connectivity index (χ1v) is 5.35. The van der Waals surface area contributed by atoms with E-state index < -0.39 is 0 Å². The number of carbonyl (C=O) groups excluding carboxylic acids is 1. The lowest BCUT2D eigenvalue weighted by Crippen LogP contribution is -2.27. The number of carbonyl (C=O) groups is 1. The normalized spacial score (nSPS) is 10.8. The summed E-state index contributed by atoms with van der Waals surface area (Å²) in [5, 5.41) is 4.36. The summed E-state index contributed by atoms with van der Waals surface area (Å²) >= 11 is 0. The molecule has 0 aliphatic heterocycles. The highest BCUT2D eigenvalue weighted by Gasteiger charge is 2.10. The minimum atomic E-state index is -0.221. The molecule has 0 saturated carbocycles. The third kappa shape index (κ3) is 3.34. The van der Waals surface area contributed by atoms with Crippen molar-refractivity contribution >= 4 is 5.97 Å². The molecule has 0 N–H and O–H groups in total. The Labute approximate surface area is 96.0 Å². The summed E-state index contributed by atoms with van der Waals surface area (Å²) < 4.78 is 6.56. The van der Waals surface area contributed by atoms with Crippen LogP contribution in [0.5, 0.6) is 0 Å². The molecule has 1 aromatic heterocycles. The number of nitrogens with zero attached hydrogens (tertiary/aromatic N) is 3. The first kappa shape index (κ1) is 12.7. The van der Waals surface area contributed by atoms with E-state index >= 15 is 0 Å². The van der Waals surface area contributed by atoms with Crippen LogP contribution in [0.3, 0.4) is 0 Å². The molecule has 0 radical (unpaired) electrons. The van der Waals surface area contributed by atoms with Crippen molar-refractivity contribution in [3.8, 4) is 0 Å². The lowest BCUT2D eigenvalue weighted by Gasteiger charge is -2.15. The molecule has 0 aliphatic carbocycles. The number of ether oxygens (including phenoxy) is 1. The van der Waals surface area contributed by atoms with Crippen LogP contribution in [0.25, 0.3) is 0 Å². The lowest BCUT2D eigenvalue weighted by molar-refractivity contribution is -0.141. The lowest BCUT2D eigenvalue weighted by atomic mass is 10.3. The van der Waals surface area contributed by atoms with E-state index in [9.17, 15) is 4.79 Å². The predicted molar refractivity (Wildman–Crippen MR) is 61.0 cm³/mol. The van der Waals surface area contributed by atoms with Crippen LogP contribution >= 0.6 is 0 Å². The van der Waals surface area contributed by atoms with Gasteiger partial charge in [0.25, 0.3) is 0 Å². The van der Waals surface area contributed by atoms with Crippen molar-refractivity contribution in [3.05, 3.63) is 17.5 Å². The summed E-state index contributed by atoms with van der Waals surface area (Å²) in [7, 11) is 3.29. The fourth-order valence-corrected chi connectivity index (χ4v) is 1.62. The minimum absolute atomic E-state index is 0.221. The van der Waals surface area contributed by atoms with Crippen LogP contribution in [0.15, 0.2) is 6.07 Å². The Balaban J connectivity index is 2.61. The number of rotatable bonds is 5. The average molecular weight is 225 g/mol. The first-order chi connectivity index (χ1) is 7.56. The summed E-state index contributed by atoms with van der Waals surface area (Å²) in [5.41, 5.74) is 2.12. The number of aromatic nitrogens is 2. The van der Waals surface area contributed by atoms with Crippen LogP contribution < -0.4 is 0 Å². The van der Waals surface area contributed by atoms with E-state index in [4.69, 9.17) is 0 Å². The van der Waals surface area contributed by atoms with E-state index in [1.54, 1.807) is 0 Å². The molecule has 1 rings (SSSR count). The van der Waals surface area contributed by atoms with Gasteiger partial charge in [0.1, 0.15) is 0 Å². The Morgan fingerprint density at radius 1 is 1.62 bits per heavy atom. The molecule has 1 heterocycles. The molecule has 90 valence electrons. The summed E-state index contributed by atoms with van der Waals surface area (Å²) in [4.78, 5) is 13.0. The first-order valence-electron chi connectivity index (χ1n) is 5.35. The maximum atomic E-state index is 11.1. The molecule has 0 spiro atoms. The van der Waals surface area contributed by atoms with E-state index in [0.29, 0.717) is 13.1 Å². The smallest absolute Gasteiger partial charge is 0.319 e. The van der Waals surface area contributed by atoms with E-state index in [0.717, 1.165) is 17.9 Å². The SMILES string of the molecule is CCn1nc(C)cc1CN(C)CC(=O)OC. The van der Waals surface area contributed by atoms with Crippen LogP contribution in [-0.2, 0) is 22.6 Å². The van der Waals surface area contributed by atoms with Gasteiger partial charge in [-0.05, 0) is 27.0 Å². The van der Waals surface area contributed by atoms with Gasteiger partial charge in [-0.25, -0.2) is 0 Å². The quantitative estimate of drug-likeness (QED) is 0.696. The van der Waals surface area contributed by atoms with Gasteiger partial charge in [0, 0.05) is 13.1 Å². The van der Waals surface area contributed by atoms with Crippen LogP contribution in [0.2, 0.25) is 0 Å². The Kier molecular flexibility index (Phi) is 4.49. The average Bonchev–Trinajstić information content (AvgIpc) is 2.58. The number of hydrogen-bond donors (Lipinski definition) is 0. The van der Waals surface area contributed by atoms with E-state index in [1.807, 2.05) is 29.6 Å². The summed E-state index contributed by atoms with van der Waals surface area (Å²) in [6.07, 6.45) is 0. The molecule has 5 nitrogen and oxygen atoms in total. The van der Waals surface area contributed by atoms with Crippen molar-refractivity contribution in [3.63, 3.8) is 0 Å². The van der Waals surface area contributed by atoms with Crippen molar-refractivity contribution in [1.82, 2.24) is 14.7 Å². The largest absolute Gasteiger partial charge is 0.468 e. The van der Waals surface area contributed by atoms with Crippen molar-refractivity contribution in [2.45, 2.75) is 26.9 Å². The van der Waals surface area contributed by atoms with E-state index in [2.05, 4.69) is 16.8 Å². The molecular weight excluding hydrogens is 206 g/mol. The molecular formula is C11H19N3O2. The number of aryl methyl sites for hydroxylation is 2. The standard InChI is InChI=1S/C11H19N3O2/c1-5-14-10(6-9(2)12-14)7-13(3)8-11(15)16-4/h6H,5,7-8H2,1-4H3. The van der Waals surface area contributed by atoms with Gasteiger partial charge >= 0.3 is 5.97 Å². The van der Waals surface area contributed by atoms with Crippen molar-refractivity contribution < 1.29 is 9.53 Å². The molecule has 0 aromatic carbocycles. The second kappa shape index (κ2) is 5.65. The fraction of sp³-hybridized carbons (Fsp3) is 0.636. The van der Waals surface area contributed by atoms with E-state index in [-0.39, 0.29) is 5.97 Å². The number of hydrogen-bond acceptors (Lipinski definition) is 4. The van der Waals surface area contributed by atoms with Gasteiger partial charge in [-0.2, -0.15) is 5.10 Å². The van der Waals surface area contributed by atoms with Crippen LogP contribution in [-0.4, -0.2) is 41.4 Å². The van der Waals surface area contributed by atoms with Gasteiger partial charge in [-0.15, -0.1) is 0 Å². The molecule has 0 fully saturated rings. The Morgan fingerprint density at radius 2 is 2.31 bits per heavy atom. The molecule has 5 heteroatoms. The summed E-state index contributed by atoms with van der Waals surface area (Å²) in [5.74, 6) is -0.221. The maximum absolute atomic E-state index is 11.1. The zero-order chi connectivity index (χ0) is 12.1. The Bertz CT molecular complexity index is 360. The van der Waals surface area contributed by atoms with Gasteiger partial charge in [-0.1, -0.05) is 0 Å². The molecule has 0 bridgehead atoms. The number of likely N-dealkylation sites (N-methyl/N-ethyl adjacent to an activating group) is 1. The number of methoxy groups -OCH3 is 1. The topological polar surface area (TPSA) is 47.4 Å². The van der Waals surface area contributed by atoms with Crippen LogP contribution in [0.4, 0.5) is 0 Å². The third-order valence-electron chi connectivity index (χ3n) is 2.34. The molecule has 16 heavy (non-hydrogen) atoms. The fourth-order valence-electron chi connectivity index (χ4n) is 1.62. The molecule has 1 aromatic rings. The highest BCUT2D eigenvalue weighted by Crippen LogP contribution is 2.06. The summed E-state index contributed by atoms with van der Waals surface area (Å²) in [6.45, 7) is 5.86. The van der Waals surface area contributed by atoms with Gasteiger partial charge < -0.3 is 4.74 Å². The zero-order valence-corrected chi connectivity index (χ0v) is 10.4. The molecule has 0 amide bonds. The molecule has 0 saturated heterocycles.